The standard InChI is InChI=1S/C22H21N3O3S2/c1-2-27-18(26)14-25-21(20(24-22(25)29)16-10-6-7-13-23-16)17-11-12-19(28-17)30-15-8-4-3-5-9-15/h3-13,20-21H,2,14H2,1H3,(H,24,29)/t20-,21+/m1/s1. The van der Waals surface area contributed by atoms with Crippen molar-refractivity contribution < 1.29 is 13.9 Å². The molecule has 1 N–H and O–H groups in total. The van der Waals surface area contributed by atoms with Crippen LogP contribution >= 0.6 is 24.0 Å². The zero-order valence-corrected chi connectivity index (χ0v) is 18.0. The molecule has 6 nitrogen and oxygen atoms in total. The molecule has 0 spiro atoms. The van der Waals surface area contributed by atoms with E-state index >= 15 is 0 Å². The molecule has 3 aromatic rings. The van der Waals surface area contributed by atoms with Crippen LogP contribution in [0.2, 0.25) is 0 Å². The van der Waals surface area contributed by atoms with Crippen LogP contribution in [0.3, 0.4) is 0 Å². The molecule has 1 fully saturated rings. The number of aromatic nitrogens is 1. The molecule has 0 bridgehead atoms. The summed E-state index contributed by atoms with van der Waals surface area (Å²) in [7, 11) is 0. The fraction of sp³-hybridized carbons (Fsp3) is 0.227. The second kappa shape index (κ2) is 9.32. The number of benzene rings is 1. The van der Waals surface area contributed by atoms with Gasteiger partial charge in [0.1, 0.15) is 18.3 Å². The Morgan fingerprint density at radius 2 is 2.00 bits per heavy atom. The van der Waals surface area contributed by atoms with E-state index < -0.39 is 0 Å². The summed E-state index contributed by atoms with van der Waals surface area (Å²) in [5.41, 5.74) is 0.824. The Morgan fingerprint density at radius 1 is 1.20 bits per heavy atom. The number of nitrogens with one attached hydrogen (secondary N) is 1. The van der Waals surface area contributed by atoms with Gasteiger partial charge in [0.25, 0.3) is 0 Å². The summed E-state index contributed by atoms with van der Waals surface area (Å²) in [6.45, 7) is 2.14. The van der Waals surface area contributed by atoms with E-state index in [4.69, 9.17) is 21.4 Å². The highest BCUT2D eigenvalue weighted by Crippen LogP contribution is 2.41. The Morgan fingerprint density at radius 3 is 2.73 bits per heavy atom. The number of pyridine rings is 1. The van der Waals surface area contributed by atoms with Crippen molar-refractivity contribution in [2.24, 2.45) is 0 Å². The largest absolute Gasteiger partial charge is 0.465 e. The molecule has 2 atom stereocenters. The van der Waals surface area contributed by atoms with E-state index in [2.05, 4.69) is 10.3 Å². The number of ether oxygens (including phenoxy) is 1. The number of hydrogen-bond donors (Lipinski definition) is 1. The number of hydrogen-bond acceptors (Lipinski definition) is 6. The highest BCUT2D eigenvalue weighted by atomic mass is 32.2. The predicted molar refractivity (Wildman–Crippen MR) is 118 cm³/mol. The number of furan rings is 1. The van der Waals surface area contributed by atoms with E-state index in [-0.39, 0.29) is 24.6 Å². The molecule has 0 unspecified atom stereocenters. The van der Waals surface area contributed by atoms with Crippen LogP contribution in [0.25, 0.3) is 0 Å². The second-order valence-corrected chi connectivity index (χ2v) is 8.10. The Kier molecular flexibility index (Phi) is 6.35. The van der Waals surface area contributed by atoms with Crippen LogP contribution in [-0.2, 0) is 9.53 Å². The van der Waals surface area contributed by atoms with Crippen LogP contribution in [0.5, 0.6) is 0 Å². The zero-order valence-electron chi connectivity index (χ0n) is 16.4. The van der Waals surface area contributed by atoms with Crippen LogP contribution < -0.4 is 5.32 Å². The number of rotatable bonds is 7. The van der Waals surface area contributed by atoms with Gasteiger partial charge >= 0.3 is 5.97 Å². The quantitative estimate of drug-likeness (QED) is 0.430. The average molecular weight is 440 g/mol. The van der Waals surface area contributed by atoms with Gasteiger partial charge in [-0.3, -0.25) is 9.78 Å². The number of carbonyl (C=O) groups is 1. The van der Waals surface area contributed by atoms with Crippen LogP contribution in [-0.4, -0.2) is 34.1 Å². The van der Waals surface area contributed by atoms with Crippen molar-refractivity contribution in [2.45, 2.75) is 29.0 Å². The first-order valence-electron chi connectivity index (χ1n) is 9.62. The van der Waals surface area contributed by atoms with Gasteiger partial charge < -0.3 is 19.4 Å². The van der Waals surface area contributed by atoms with Gasteiger partial charge in [0, 0.05) is 11.1 Å². The third kappa shape index (κ3) is 4.49. The fourth-order valence-corrected chi connectivity index (χ4v) is 4.49. The summed E-state index contributed by atoms with van der Waals surface area (Å²) >= 11 is 7.08. The summed E-state index contributed by atoms with van der Waals surface area (Å²) in [4.78, 5) is 19.6. The summed E-state index contributed by atoms with van der Waals surface area (Å²) < 4.78 is 11.3. The van der Waals surface area contributed by atoms with Gasteiger partial charge in [-0.1, -0.05) is 36.0 Å². The fourth-order valence-electron chi connectivity index (χ4n) is 3.38. The third-order valence-corrected chi connectivity index (χ3v) is 5.94. The van der Waals surface area contributed by atoms with E-state index in [1.165, 1.54) is 0 Å². The molecule has 3 heterocycles. The molecule has 1 aromatic carbocycles. The van der Waals surface area contributed by atoms with Gasteiger partial charge in [0.15, 0.2) is 10.2 Å². The maximum Gasteiger partial charge on any atom is 0.325 e. The summed E-state index contributed by atoms with van der Waals surface area (Å²) in [5.74, 6) is 0.375. The molecule has 0 saturated carbocycles. The molecular formula is C22H21N3O3S2. The molecule has 1 aliphatic heterocycles. The minimum absolute atomic E-state index is 0.0372. The van der Waals surface area contributed by atoms with Crippen LogP contribution in [0, 0.1) is 0 Å². The van der Waals surface area contributed by atoms with Gasteiger partial charge in [-0.25, -0.2) is 0 Å². The first-order chi connectivity index (χ1) is 14.7. The SMILES string of the molecule is CCOC(=O)CN1C(=S)N[C@H](c2ccccn2)[C@@H]1c1ccc(Sc2ccccc2)o1. The van der Waals surface area contributed by atoms with E-state index in [0.29, 0.717) is 17.5 Å². The second-order valence-electron chi connectivity index (χ2n) is 6.63. The lowest BCUT2D eigenvalue weighted by atomic mass is 10.0. The minimum Gasteiger partial charge on any atom is -0.465 e. The Balaban J connectivity index is 1.64. The van der Waals surface area contributed by atoms with Gasteiger partial charge in [-0.05, 0) is 55.5 Å². The van der Waals surface area contributed by atoms with E-state index in [0.717, 1.165) is 15.7 Å². The molecule has 8 heteroatoms. The van der Waals surface area contributed by atoms with Crippen molar-refractivity contribution in [1.82, 2.24) is 15.2 Å². The molecule has 154 valence electrons. The Bertz CT molecular complexity index is 1010. The zero-order chi connectivity index (χ0) is 20.9. The molecule has 0 amide bonds. The lowest BCUT2D eigenvalue weighted by molar-refractivity contribution is -0.143. The molecule has 1 aliphatic rings. The van der Waals surface area contributed by atoms with E-state index in [1.807, 2.05) is 65.6 Å². The number of nitrogens with zero attached hydrogens (tertiary/aromatic N) is 2. The Hall–Kier alpha value is -2.84. The van der Waals surface area contributed by atoms with Crippen molar-refractivity contribution >= 4 is 35.1 Å². The monoisotopic (exact) mass is 439 g/mol. The lowest BCUT2D eigenvalue weighted by Crippen LogP contribution is -2.35. The number of carbonyl (C=O) groups excluding carboxylic acids is 1. The molecule has 4 rings (SSSR count). The first-order valence-corrected chi connectivity index (χ1v) is 10.8. The van der Waals surface area contributed by atoms with Crippen LogP contribution in [0.4, 0.5) is 0 Å². The Labute approximate surface area is 184 Å². The molecule has 0 radical (unpaired) electrons. The molecule has 0 aliphatic carbocycles. The average Bonchev–Trinajstić information content (AvgIpc) is 3.34. The third-order valence-electron chi connectivity index (χ3n) is 4.66. The predicted octanol–water partition coefficient (Wildman–Crippen LogP) is 4.36. The molecule has 1 saturated heterocycles. The van der Waals surface area contributed by atoms with E-state index in [9.17, 15) is 4.79 Å². The molecular weight excluding hydrogens is 418 g/mol. The first kappa shape index (κ1) is 20.4. The lowest BCUT2D eigenvalue weighted by Gasteiger charge is -2.25. The van der Waals surface area contributed by atoms with Crippen molar-refractivity contribution in [3.63, 3.8) is 0 Å². The van der Waals surface area contributed by atoms with Crippen molar-refractivity contribution in [3.8, 4) is 0 Å². The van der Waals surface area contributed by atoms with E-state index in [1.54, 1.807) is 24.9 Å². The summed E-state index contributed by atoms with van der Waals surface area (Å²) in [6, 6.07) is 19.1. The topological polar surface area (TPSA) is 67.6 Å². The van der Waals surface area contributed by atoms with Crippen molar-refractivity contribution in [2.75, 3.05) is 13.2 Å². The maximum atomic E-state index is 12.2. The minimum atomic E-state index is -0.334. The van der Waals surface area contributed by atoms with Gasteiger partial charge in [-0.2, -0.15) is 0 Å². The summed E-state index contributed by atoms with van der Waals surface area (Å²) in [5, 5.41) is 4.53. The van der Waals surface area contributed by atoms with Gasteiger partial charge in [0.05, 0.1) is 18.3 Å². The normalized spacial score (nSPS) is 18.3. The number of thiocarbonyl (C=S) groups is 1. The maximum absolute atomic E-state index is 12.2. The van der Waals surface area contributed by atoms with Crippen molar-refractivity contribution in [3.05, 3.63) is 78.3 Å². The molecule has 30 heavy (non-hydrogen) atoms. The van der Waals surface area contributed by atoms with Crippen molar-refractivity contribution in [1.29, 1.82) is 0 Å². The molecule has 2 aromatic heterocycles. The van der Waals surface area contributed by atoms with Gasteiger partial charge in [0.2, 0.25) is 0 Å². The van der Waals surface area contributed by atoms with Gasteiger partial charge in [-0.15, -0.1) is 0 Å². The highest BCUT2D eigenvalue weighted by molar-refractivity contribution is 7.99. The van der Waals surface area contributed by atoms with Crippen LogP contribution in [0.15, 0.2) is 81.3 Å². The van der Waals surface area contributed by atoms with Crippen LogP contribution in [0.1, 0.15) is 30.5 Å². The highest BCUT2D eigenvalue weighted by Gasteiger charge is 2.42. The number of esters is 1. The smallest absolute Gasteiger partial charge is 0.325 e. The summed E-state index contributed by atoms with van der Waals surface area (Å²) in [6.07, 6.45) is 1.74.